The van der Waals surface area contributed by atoms with E-state index in [0.29, 0.717) is 12.6 Å². The Morgan fingerprint density at radius 3 is 2.83 bits per heavy atom. The fourth-order valence-corrected chi connectivity index (χ4v) is 3.06. The van der Waals surface area contributed by atoms with E-state index in [1.165, 1.54) is 0 Å². The van der Waals surface area contributed by atoms with Crippen LogP contribution in [0.1, 0.15) is 32.6 Å². The third-order valence-corrected chi connectivity index (χ3v) is 4.03. The molecule has 1 amide bonds. The van der Waals surface area contributed by atoms with Crippen molar-refractivity contribution < 1.29 is 14.7 Å². The largest absolute Gasteiger partial charge is 0.481 e. The molecule has 2 aliphatic rings. The summed E-state index contributed by atoms with van der Waals surface area (Å²) in [6.45, 7) is 4.37. The maximum Gasteiger partial charge on any atom is 0.303 e. The average molecular weight is 254 g/mol. The number of hydrogen-bond acceptors (Lipinski definition) is 3. The summed E-state index contributed by atoms with van der Waals surface area (Å²) in [6.07, 6.45) is 2.83. The van der Waals surface area contributed by atoms with Crippen LogP contribution in [0.4, 0.5) is 0 Å². The Kier molecular flexibility index (Phi) is 4.22. The first-order valence-electron chi connectivity index (χ1n) is 6.80. The molecule has 2 rings (SSSR count). The summed E-state index contributed by atoms with van der Waals surface area (Å²) in [5, 5.41) is 12.1. The van der Waals surface area contributed by atoms with Crippen molar-refractivity contribution in [3.63, 3.8) is 0 Å². The zero-order chi connectivity index (χ0) is 13.1. The maximum atomic E-state index is 12.3. The summed E-state index contributed by atoms with van der Waals surface area (Å²) in [4.78, 5) is 24.9. The molecule has 0 saturated carbocycles. The van der Waals surface area contributed by atoms with Gasteiger partial charge in [0.25, 0.3) is 0 Å². The van der Waals surface area contributed by atoms with Gasteiger partial charge in [-0.3, -0.25) is 9.59 Å². The van der Waals surface area contributed by atoms with Crippen molar-refractivity contribution in [3.05, 3.63) is 0 Å². The molecule has 2 heterocycles. The average Bonchev–Trinajstić information content (AvgIpc) is 2.75. The van der Waals surface area contributed by atoms with Crippen molar-refractivity contribution in [3.8, 4) is 0 Å². The molecule has 5 nitrogen and oxygen atoms in total. The second-order valence-corrected chi connectivity index (χ2v) is 5.61. The van der Waals surface area contributed by atoms with Gasteiger partial charge in [-0.25, -0.2) is 0 Å². The molecule has 0 aromatic heterocycles. The van der Waals surface area contributed by atoms with E-state index >= 15 is 0 Å². The molecule has 0 aromatic rings. The SMILES string of the molecule is CC1CC(C(=O)N2CCC(CC(=O)O)C2)CCN1. The molecular weight excluding hydrogens is 232 g/mol. The number of rotatable bonds is 3. The highest BCUT2D eigenvalue weighted by Gasteiger charge is 2.33. The number of aliphatic carboxylic acids is 1. The molecule has 18 heavy (non-hydrogen) atoms. The fourth-order valence-electron chi connectivity index (χ4n) is 3.06. The number of carboxylic acid groups (broad SMARTS) is 1. The lowest BCUT2D eigenvalue weighted by Gasteiger charge is -2.30. The van der Waals surface area contributed by atoms with E-state index in [4.69, 9.17) is 5.11 Å². The van der Waals surface area contributed by atoms with Crippen LogP contribution in [0, 0.1) is 11.8 Å². The molecule has 102 valence electrons. The van der Waals surface area contributed by atoms with E-state index in [9.17, 15) is 9.59 Å². The molecule has 2 saturated heterocycles. The van der Waals surface area contributed by atoms with Crippen molar-refractivity contribution in [1.82, 2.24) is 10.2 Å². The smallest absolute Gasteiger partial charge is 0.303 e. The predicted molar refractivity (Wildman–Crippen MR) is 67.1 cm³/mol. The molecule has 0 radical (unpaired) electrons. The number of carbonyl (C=O) groups is 2. The van der Waals surface area contributed by atoms with Crippen LogP contribution in [-0.2, 0) is 9.59 Å². The van der Waals surface area contributed by atoms with E-state index in [2.05, 4.69) is 12.2 Å². The van der Waals surface area contributed by atoms with Crippen LogP contribution in [0.25, 0.3) is 0 Å². The van der Waals surface area contributed by atoms with Crippen molar-refractivity contribution in [2.75, 3.05) is 19.6 Å². The number of carbonyl (C=O) groups excluding carboxylic acids is 1. The van der Waals surface area contributed by atoms with Crippen LogP contribution in [0.5, 0.6) is 0 Å². The zero-order valence-electron chi connectivity index (χ0n) is 10.9. The van der Waals surface area contributed by atoms with Gasteiger partial charge in [-0.1, -0.05) is 0 Å². The standard InChI is InChI=1S/C13H22N2O3/c1-9-6-11(2-4-14-9)13(18)15-5-3-10(8-15)7-12(16)17/h9-11,14H,2-8H2,1H3,(H,16,17). The number of likely N-dealkylation sites (tertiary alicyclic amines) is 1. The van der Waals surface area contributed by atoms with Gasteiger partial charge in [-0.2, -0.15) is 0 Å². The van der Waals surface area contributed by atoms with Crippen molar-refractivity contribution in [2.45, 2.75) is 38.6 Å². The van der Waals surface area contributed by atoms with Crippen molar-refractivity contribution in [1.29, 1.82) is 0 Å². The lowest BCUT2D eigenvalue weighted by Crippen LogP contribution is -2.43. The summed E-state index contributed by atoms with van der Waals surface area (Å²) >= 11 is 0. The van der Waals surface area contributed by atoms with E-state index in [1.807, 2.05) is 4.90 Å². The Labute approximate surface area is 108 Å². The Morgan fingerprint density at radius 1 is 1.39 bits per heavy atom. The lowest BCUT2D eigenvalue weighted by atomic mass is 9.92. The van der Waals surface area contributed by atoms with E-state index in [-0.39, 0.29) is 24.2 Å². The molecule has 0 bridgehead atoms. The Balaban J connectivity index is 1.85. The predicted octanol–water partition coefficient (Wildman–Crippen LogP) is 0.698. The van der Waals surface area contributed by atoms with Gasteiger partial charge in [-0.15, -0.1) is 0 Å². The molecule has 2 aliphatic heterocycles. The van der Waals surface area contributed by atoms with Crippen LogP contribution in [-0.4, -0.2) is 47.6 Å². The van der Waals surface area contributed by atoms with E-state index in [1.54, 1.807) is 0 Å². The summed E-state index contributed by atoms with van der Waals surface area (Å²) in [5.74, 6) is -0.253. The van der Waals surface area contributed by atoms with Crippen LogP contribution in [0.15, 0.2) is 0 Å². The first kappa shape index (κ1) is 13.3. The summed E-state index contributed by atoms with van der Waals surface area (Å²) in [6, 6.07) is 0.408. The second-order valence-electron chi connectivity index (χ2n) is 5.61. The minimum atomic E-state index is -0.759. The highest BCUT2D eigenvalue weighted by atomic mass is 16.4. The number of nitrogens with one attached hydrogen (secondary N) is 1. The quantitative estimate of drug-likeness (QED) is 0.778. The van der Waals surface area contributed by atoms with Gasteiger partial charge in [0.2, 0.25) is 5.91 Å². The van der Waals surface area contributed by atoms with Crippen LogP contribution < -0.4 is 5.32 Å². The molecular formula is C13H22N2O3. The highest BCUT2D eigenvalue weighted by Crippen LogP contribution is 2.25. The van der Waals surface area contributed by atoms with Crippen molar-refractivity contribution >= 4 is 11.9 Å². The number of amides is 1. The van der Waals surface area contributed by atoms with Gasteiger partial charge < -0.3 is 15.3 Å². The summed E-state index contributed by atoms with van der Waals surface area (Å²) in [5.41, 5.74) is 0. The highest BCUT2D eigenvalue weighted by molar-refractivity contribution is 5.79. The molecule has 2 N–H and O–H groups in total. The topological polar surface area (TPSA) is 69.6 Å². The lowest BCUT2D eigenvalue weighted by molar-refractivity contribution is -0.139. The Morgan fingerprint density at radius 2 is 2.17 bits per heavy atom. The minimum absolute atomic E-state index is 0.129. The molecule has 0 aromatic carbocycles. The molecule has 3 atom stereocenters. The van der Waals surface area contributed by atoms with Crippen LogP contribution >= 0.6 is 0 Å². The summed E-state index contributed by atoms with van der Waals surface area (Å²) in [7, 11) is 0. The first-order chi connectivity index (χ1) is 8.56. The van der Waals surface area contributed by atoms with Gasteiger partial charge >= 0.3 is 5.97 Å². The van der Waals surface area contributed by atoms with E-state index < -0.39 is 5.97 Å². The second kappa shape index (κ2) is 5.69. The Hall–Kier alpha value is -1.10. The first-order valence-corrected chi connectivity index (χ1v) is 6.80. The minimum Gasteiger partial charge on any atom is -0.481 e. The zero-order valence-corrected chi connectivity index (χ0v) is 10.9. The number of nitrogens with zero attached hydrogens (tertiary/aromatic N) is 1. The summed E-state index contributed by atoms with van der Waals surface area (Å²) < 4.78 is 0. The Bertz CT molecular complexity index is 332. The van der Waals surface area contributed by atoms with Gasteiger partial charge in [-0.05, 0) is 38.6 Å². The van der Waals surface area contributed by atoms with Gasteiger partial charge in [0.1, 0.15) is 0 Å². The van der Waals surface area contributed by atoms with Gasteiger partial charge in [0, 0.05) is 31.5 Å². The fraction of sp³-hybridized carbons (Fsp3) is 0.846. The monoisotopic (exact) mass is 254 g/mol. The van der Waals surface area contributed by atoms with Crippen LogP contribution in [0.3, 0.4) is 0 Å². The molecule has 5 heteroatoms. The van der Waals surface area contributed by atoms with Gasteiger partial charge in [0.05, 0.1) is 0 Å². The maximum absolute atomic E-state index is 12.3. The molecule has 0 spiro atoms. The van der Waals surface area contributed by atoms with Gasteiger partial charge in [0.15, 0.2) is 0 Å². The van der Waals surface area contributed by atoms with Crippen LogP contribution in [0.2, 0.25) is 0 Å². The third kappa shape index (κ3) is 3.22. The number of hydrogen-bond donors (Lipinski definition) is 2. The normalized spacial score (nSPS) is 32.5. The molecule has 2 fully saturated rings. The number of piperidine rings is 1. The third-order valence-electron chi connectivity index (χ3n) is 4.03. The van der Waals surface area contributed by atoms with Crippen molar-refractivity contribution in [2.24, 2.45) is 11.8 Å². The molecule has 0 aliphatic carbocycles. The van der Waals surface area contributed by atoms with E-state index in [0.717, 1.165) is 32.4 Å². The number of carboxylic acids is 1. The molecule has 3 unspecified atom stereocenters.